The average Bonchev–Trinajstić information content (AvgIpc) is 3.21. The molecule has 168 valence electrons. The number of halogens is 1. The summed E-state index contributed by atoms with van der Waals surface area (Å²) in [6, 6.07) is 26.2. The number of piperidine rings is 1. The minimum absolute atomic E-state index is 0.127. The molecule has 6 rings (SSSR count). The molecule has 2 unspecified atom stereocenters. The Kier molecular flexibility index (Phi) is 5.31. The van der Waals surface area contributed by atoms with E-state index < -0.39 is 0 Å². The van der Waals surface area contributed by atoms with Crippen LogP contribution in [0.4, 0.5) is 0 Å². The van der Waals surface area contributed by atoms with Gasteiger partial charge in [0.25, 0.3) is 0 Å². The molecule has 1 aliphatic carbocycles. The molecule has 0 bridgehead atoms. The van der Waals surface area contributed by atoms with Gasteiger partial charge in [-0.2, -0.15) is 0 Å². The molecule has 4 heteroatoms. The zero-order valence-corrected chi connectivity index (χ0v) is 20.6. The van der Waals surface area contributed by atoms with E-state index in [9.17, 15) is 0 Å². The van der Waals surface area contributed by atoms with Gasteiger partial charge < -0.3 is 9.72 Å². The van der Waals surface area contributed by atoms with Crippen LogP contribution in [-0.4, -0.2) is 30.1 Å². The third kappa shape index (κ3) is 3.60. The summed E-state index contributed by atoms with van der Waals surface area (Å²) in [7, 11) is 1.77. The number of likely N-dealkylation sites (tertiary alicyclic amines) is 1. The number of nitrogens with one attached hydrogen (secondary N) is 1. The molecule has 1 saturated heterocycles. The third-order valence-electron chi connectivity index (χ3n) is 7.94. The van der Waals surface area contributed by atoms with Crippen LogP contribution in [0, 0.1) is 5.92 Å². The van der Waals surface area contributed by atoms with Crippen LogP contribution in [0.5, 0.6) is 5.75 Å². The SMILES string of the molecule is COc1cccc(C23CCN(Cc4ccccc4)CC2Cc2c([nH]c4cccc(Br)c24)C3)c1. The highest BCUT2D eigenvalue weighted by atomic mass is 79.9. The largest absolute Gasteiger partial charge is 0.497 e. The van der Waals surface area contributed by atoms with E-state index in [4.69, 9.17) is 4.74 Å². The summed E-state index contributed by atoms with van der Waals surface area (Å²) in [5, 5.41) is 1.37. The monoisotopic (exact) mass is 500 g/mol. The molecule has 1 fully saturated rings. The van der Waals surface area contributed by atoms with E-state index in [1.54, 1.807) is 7.11 Å². The Morgan fingerprint density at radius 1 is 1.06 bits per heavy atom. The lowest BCUT2D eigenvalue weighted by Gasteiger charge is -2.51. The van der Waals surface area contributed by atoms with Crippen LogP contribution in [0.2, 0.25) is 0 Å². The van der Waals surface area contributed by atoms with E-state index in [1.807, 2.05) is 0 Å². The lowest BCUT2D eigenvalue weighted by Crippen LogP contribution is -2.53. The average molecular weight is 501 g/mol. The van der Waals surface area contributed by atoms with Crippen LogP contribution in [0.1, 0.15) is 28.8 Å². The van der Waals surface area contributed by atoms with Gasteiger partial charge in [-0.3, -0.25) is 4.90 Å². The molecule has 0 radical (unpaired) electrons. The molecule has 1 N–H and O–H groups in total. The highest BCUT2D eigenvalue weighted by molar-refractivity contribution is 9.10. The van der Waals surface area contributed by atoms with Gasteiger partial charge in [-0.15, -0.1) is 0 Å². The van der Waals surface area contributed by atoms with Crippen molar-refractivity contribution in [2.24, 2.45) is 5.92 Å². The number of benzene rings is 3. The van der Waals surface area contributed by atoms with Crippen molar-refractivity contribution in [3.05, 3.63) is 99.7 Å². The maximum Gasteiger partial charge on any atom is 0.119 e. The Hall–Kier alpha value is -2.56. The van der Waals surface area contributed by atoms with Gasteiger partial charge in [0, 0.05) is 39.6 Å². The van der Waals surface area contributed by atoms with E-state index in [1.165, 1.54) is 37.8 Å². The molecule has 1 aliphatic heterocycles. The predicted molar refractivity (Wildman–Crippen MR) is 138 cm³/mol. The van der Waals surface area contributed by atoms with E-state index in [-0.39, 0.29) is 5.41 Å². The summed E-state index contributed by atoms with van der Waals surface area (Å²) in [5.41, 5.74) is 7.11. The van der Waals surface area contributed by atoms with Gasteiger partial charge in [-0.25, -0.2) is 0 Å². The van der Waals surface area contributed by atoms with Gasteiger partial charge in [0.05, 0.1) is 7.11 Å². The molecule has 2 aliphatic rings. The molecule has 1 aromatic heterocycles. The van der Waals surface area contributed by atoms with Gasteiger partial charge in [0.2, 0.25) is 0 Å². The van der Waals surface area contributed by atoms with Gasteiger partial charge in [0.15, 0.2) is 0 Å². The van der Waals surface area contributed by atoms with E-state index in [2.05, 4.69) is 98.6 Å². The second-order valence-electron chi connectivity index (χ2n) is 9.68. The second-order valence-corrected chi connectivity index (χ2v) is 10.5. The highest BCUT2D eigenvalue weighted by Crippen LogP contribution is 2.50. The van der Waals surface area contributed by atoms with Crippen molar-refractivity contribution in [1.29, 1.82) is 0 Å². The molecule has 4 aromatic rings. The number of aromatic amines is 1. The molecular weight excluding hydrogens is 472 g/mol. The van der Waals surface area contributed by atoms with Gasteiger partial charge >= 0.3 is 0 Å². The molecule has 33 heavy (non-hydrogen) atoms. The van der Waals surface area contributed by atoms with E-state index in [0.717, 1.165) is 44.6 Å². The number of aromatic nitrogens is 1. The van der Waals surface area contributed by atoms with E-state index >= 15 is 0 Å². The Labute approximate surface area is 203 Å². The smallest absolute Gasteiger partial charge is 0.119 e. The number of fused-ring (bicyclic) bond motifs is 4. The number of hydrogen-bond acceptors (Lipinski definition) is 2. The lowest BCUT2D eigenvalue weighted by atomic mass is 9.58. The Bertz CT molecular complexity index is 1300. The number of hydrogen-bond donors (Lipinski definition) is 1. The summed E-state index contributed by atoms with van der Waals surface area (Å²) in [4.78, 5) is 6.45. The number of methoxy groups -OCH3 is 1. The molecule has 0 amide bonds. The van der Waals surface area contributed by atoms with Gasteiger partial charge in [-0.1, -0.05) is 64.5 Å². The molecule has 2 heterocycles. The van der Waals surface area contributed by atoms with Crippen LogP contribution in [0.15, 0.2) is 77.3 Å². The van der Waals surface area contributed by atoms with Crippen LogP contribution in [-0.2, 0) is 24.8 Å². The van der Waals surface area contributed by atoms with Crippen LogP contribution in [0.25, 0.3) is 10.9 Å². The standard InChI is InChI=1S/C29H29BrN2O/c1-33-23-10-5-9-21(15-23)29-13-14-32(18-20-7-3-2-4-8-20)19-22(29)16-24-27(17-29)31-26-12-6-11-25(30)28(24)26/h2-12,15,22,31H,13-14,16-19H2,1H3. The van der Waals surface area contributed by atoms with Crippen molar-refractivity contribution in [1.82, 2.24) is 9.88 Å². The molecular formula is C29H29BrN2O. The molecule has 0 saturated carbocycles. The fraction of sp³-hybridized carbons (Fsp3) is 0.310. The maximum absolute atomic E-state index is 5.63. The first-order chi connectivity index (χ1) is 16.2. The van der Waals surface area contributed by atoms with E-state index in [0.29, 0.717) is 5.92 Å². The Morgan fingerprint density at radius 3 is 2.76 bits per heavy atom. The Morgan fingerprint density at radius 2 is 1.91 bits per heavy atom. The first-order valence-electron chi connectivity index (χ1n) is 11.8. The summed E-state index contributed by atoms with van der Waals surface area (Å²) < 4.78 is 6.83. The van der Waals surface area contributed by atoms with Gasteiger partial charge in [-0.05, 0) is 72.7 Å². The van der Waals surface area contributed by atoms with Crippen LogP contribution < -0.4 is 4.74 Å². The minimum atomic E-state index is 0.127. The zero-order valence-electron chi connectivity index (χ0n) is 19.0. The van der Waals surface area contributed by atoms with Crippen LogP contribution in [0.3, 0.4) is 0 Å². The van der Waals surface area contributed by atoms with Crippen molar-refractivity contribution in [3.8, 4) is 5.75 Å². The van der Waals surface area contributed by atoms with Crippen molar-refractivity contribution >= 4 is 26.8 Å². The second kappa shape index (κ2) is 8.34. The third-order valence-corrected chi connectivity index (χ3v) is 8.60. The zero-order chi connectivity index (χ0) is 22.4. The summed E-state index contributed by atoms with van der Waals surface area (Å²) in [5.74, 6) is 1.51. The fourth-order valence-corrected chi connectivity index (χ4v) is 6.90. The number of rotatable bonds is 4. The topological polar surface area (TPSA) is 28.3 Å². The number of H-pyrrole nitrogens is 1. The molecule has 0 spiro atoms. The van der Waals surface area contributed by atoms with Crippen molar-refractivity contribution in [3.63, 3.8) is 0 Å². The van der Waals surface area contributed by atoms with Crippen molar-refractivity contribution in [2.45, 2.75) is 31.2 Å². The summed E-state index contributed by atoms with van der Waals surface area (Å²) in [6.45, 7) is 3.25. The minimum Gasteiger partial charge on any atom is -0.497 e. The molecule has 3 nitrogen and oxygen atoms in total. The maximum atomic E-state index is 5.63. The number of ether oxygens (including phenoxy) is 1. The first-order valence-corrected chi connectivity index (χ1v) is 12.6. The van der Waals surface area contributed by atoms with Crippen molar-refractivity contribution in [2.75, 3.05) is 20.2 Å². The first kappa shape index (κ1) is 21.0. The lowest BCUT2D eigenvalue weighted by molar-refractivity contribution is 0.0765. The highest BCUT2D eigenvalue weighted by Gasteiger charge is 2.48. The number of nitrogens with zero attached hydrogens (tertiary/aromatic N) is 1. The quantitative estimate of drug-likeness (QED) is 0.346. The summed E-state index contributed by atoms with van der Waals surface area (Å²) >= 11 is 3.83. The van der Waals surface area contributed by atoms with Crippen LogP contribution >= 0.6 is 15.9 Å². The summed E-state index contributed by atoms with van der Waals surface area (Å²) in [6.07, 6.45) is 3.31. The fourth-order valence-electron chi connectivity index (χ4n) is 6.29. The molecule has 2 atom stereocenters. The normalized spacial score (nSPS) is 22.7. The predicted octanol–water partition coefficient (Wildman–Crippen LogP) is 6.50. The molecule has 3 aromatic carbocycles. The van der Waals surface area contributed by atoms with Crippen molar-refractivity contribution < 1.29 is 4.74 Å². The Balaban J connectivity index is 1.42. The van der Waals surface area contributed by atoms with Gasteiger partial charge in [0.1, 0.15) is 5.75 Å².